The first kappa shape index (κ1) is 9.54. The molecule has 0 aromatic carbocycles. The fraction of sp³-hybridized carbons (Fsp3) is 0.571. The van der Waals surface area contributed by atoms with Gasteiger partial charge < -0.3 is 5.32 Å². The zero-order valence-electron chi connectivity index (χ0n) is 6.84. The molecule has 1 unspecified atom stereocenters. The van der Waals surface area contributed by atoms with Crippen molar-refractivity contribution in [2.45, 2.75) is 19.4 Å². The van der Waals surface area contributed by atoms with Crippen LogP contribution in [0.15, 0.2) is 5.38 Å². The highest BCUT2D eigenvalue weighted by Gasteiger charge is 2.14. The van der Waals surface area contributed by atoms with Crippen LogP contribution in [-0.4, -0.2) is 12.0 Å². The summed E-state index contributed by atoms with van der Waals surface area (Å²) in [7, 11) is 1.77. The maximum Gasteiger partial charge on any atom is 0.289 e. The van der Waals surface area contributed by atoms with E-state index in [1.807, 2.05) is 6.92 Å². The highest BCUT2D eigenvalue weighted by Crippen LogP contribution is 2.24. The molecule has 2 nitrogen and oxygen atoms in total. The van der Waals surface area contributed by atoms with Crippen LogP contribution in [0.3, 0.4) is 0 Å². The van der Waals surface area contributed by atoms with Gasteiger partial charge in [0.05, 0.1) is 5.69 Å². The second-order valence-electron chi connectivity index (χ2n) is 2.42. The molecule has 1 N–H and O–H groups in total. The van der Waals surface area contributed by atoms with Crippen molar-refractivity contribution in [3.8, 4) is 0 Å². The Morgan fingerprint density at radius 3 is 2.67 bits per heavy atom. The Hall–Kier alpha value is -0.550. The van der Waals surface area contributed by atoms with E-state index in [1.54, 1.807) is 12.4 Å². The highest BCUT2D eigenvalue weighted by atomic mass is 32.1. The first-order valence-electron chi connectivity index (χ1n) is 3.56. The molecule has 0 bridgehead atoms. The lowest BCUT2D eigenvalue weighted by atomic mass is 10.3. The Morgan fingerprint density at radius 1 is 1.58 bits per heavy atom. The Morgan fingerprint density at radius 2 is 2.25 bits per heavy atom. The van der Waals surface area contributed by atoms with E-state index >= 15 is 0 Å². The van der Waals surface area contributed by atoms with Gasteiger partial charge in [-0.3, -0.25) is 0 Å². The molecule has 1 aromatic heterocycles. The van der Waals surface area contributed by atoms with Gasteiger partial charge in [0.15, 0.2) is 5.01 Å². The van der Waals surface area contributed by atoms with E-state index in [4.69, 9.17) is 0 Å². The van der Waals surface area contributed by atoms with Crippen molar-refractivity contribution in [1.82, 2.24) is 10.3 Å². The second-order valence-corrected chi connectivity index (χ2v) is 3.31. The van der Waals surface area contributed by atoms with Crippen molar-refractivity contribution in [2.75, 3.05) is 7.05 Å². The standard InChI is InChI=1S/C7H10F2N2S/c1-4(10-2)5-3-12-7(11-5)6(8)9/h3-4,6,10H,1-2H3. The predicted octanol–water partition coefficient (Wildman–Crippen LogP) is 2.36. The molecular weight excluding hydrogens is 182 g/mol. The number of alkyl halides is 2. The second kappa shape index (κ2) is 3.91. The lowest BCUT2D eigenvalue weighted by Gasteiger charge is -2.04. The molecular formula is C7H10F2N2S. The summed E-state index contributed by atoms with van der Waals surface area (Å²) in [5.41, 5.74) is 0.679. The SMILES string of the molecule is CNC(C)c1csc(C(F)F)n1. The minimum Gasteiger partial charge on any atom is -0.312 e. The van der Waals surface area contributed by atoms with Gasteiger partial charge in [0.25, 0.3) is 6.43 Å². The van der Waals surface area contributed by atoms with Crippen LogP contribution in [0, 0.1) is 0 Å². The molecule has 0 spiro atoms. The van der Waals surface area contributed by atoms with Gasteiger partial charge in [0.2, 0.25) is 0 Å². The van der Waals surface area contributed by atoms with Crippen LogP contribution in [-0.2, 0) is 0 Å². The summed E-state index contributed by atoms with van der Waals surface area (Å²) in [5.74, 6) is 0. The molecule has 1 rings (SSSR count). The Balaban J connectivity index is 2.77. The number of rotatable bonds is 3. The quantitative estimate of drug-likeness (QED) is 0.795. The third-order valence-corrected chi connectivity index (χ3v) is 2.47. The van der Waals surface area contributed by atoms with Crippen molar-refractivity contribution in [3.63, 3.8) is 0 Å². The van der Waals surface area contributed by atoms with Gasteiger partial charge in [-0.2, -0.15) is 0 Å². The van der Waals surface area contributed by atoms with Crippen LogP contribution >= 0.6 is 11.3 Å². The maximum absolute atomic E-state index is 12.1. The fourth-order valence-corrected chi connectivity index (χ4v) is 1.51. The minimum atomic E-state index is -2.45. The molecule has 0 amide bonds. The lowest BCUT2D eigenvalue weighted by Crippen LogP contribution is -2.12. The summed E-state index contributed by atoms with van der Waals surface area (Å²) in [6.45, 7) is 1.88. The third-order valence-electron chi connectivity index (χ3n) is 1.60. The monoisotopic (exact) mass is 192 g/mol. The number of halogens is 2. The van der Waals surface area contributed by atoms with Gasteiger partial charge in [0, 0.05) is 11.4 Å². The van der Waals surface area contributed by atoms with Crippen molar-refractivity contribution >= 4 is 11.3 Å². The molecule has 0 aliphatic heterocycles. The van der Waals surface area contributed by atoms with Gasteiger partial charge in [-0.25, -0.2) is 13.8 Å². The number of aromatic nitrogens is 1. The van der Waals surface area contributed by atoms with Gasteiger partial charge >= 0.3 is 0 Å². The van der Waals surface area contributed by atoms with Gasteiger partial charge in [-0.1, -0.05) is 0 Å². The molecule has 0 aliphatic rings. The van der Waals surface area contributed by atoms with Crippen molar-refractivity contribution in [3.05, 3.63) is 16.1 Å². The van der Waals surface area contributed by atoms with E-state index in [2.05, 4.69) is 10.3 Å². The molecule has 0 saturated heterocycles. The summed E-state index contributed by atoms with van der Waals surface area (Å²) < 4.78 is 24.2. The largest absolute Gasteiger partial charge is 0.312 e. The van der Waals surface area contributed by atoms with Gasteiger partial charge in [-0.05, 0) is 14.0 Å². The topological polar surface area (TPSA) is 24.9 Å². The number of hydrogen-bond acceptors (Lipinski definition) is 3. The molecule has 68 valence electrons. The van der Waals surface area contributed by atoms with E-state index in [0.717, 1.165) is 11.3 Å². The van der Waals surface area contributed by atoms with Crippen LogP contribution in [0.1, 0.15) is 30.1 Å². The normalized spacial score (nSPS) is 13.8. The average Bonchev–Trinajstić information content (AvgIpc) is 2.51. The lowest BCUT2D eigenvalue weighted by molar-refractivity contribution is 0.150. The van der Waals surface area contributed by atoms with Crippen molar-refractivity contribution in [1.29, 1.82) is 0 Å². The van der Waals surface area contributed by atoms with Crippen LogP contribution in [0.5, 0.6) is 0 Å². The molecule has 0 saturated carbocycles. The number of hydrogen-bond donors (Lipinski definition) is 1. The zero-order valence-corrected chi connectivity index (χ0v) is 7.66. The van der Waals surface area contributed by atoms with Crippen LogP contribution in [0.2, 0.25) is 0 Å². The summed E-state index contributed by atoms with van der Waals surface area (Å²) >= 11 is 1.00. The molecule has 0 aliphatic carbocycles. The smallest absolute Gasteiger partial charge is 0.289 e. The predicted molar refractivity (Wildman–Crippen MR) is 44.5 cm³/mol. The maximum atomic E-state index is 12.1. The van der Waals surface area contributed by atoms with Crippen LogP contribution in [0.25, 0.3) is 0 Å². The number of nitrogens with zero attached hydrogens (tertiary/aromatic N) is 1. The number of thiazole rings is 1. The zero-order chi connectivity index (χ0) is 9.14. The van der Waals surface area contributed by atoms with Crippen molar-refractivity contribution in [2.24, 2.45) is 0 Å². The highest BCUT2D eigenvalue weighted by molar-refractivity contribution is 7.09. The Kier molecular flexibility index (Phi) is 3.11. The van der Waals surface area contributed by atoms with Gasteiger partial charge in [-0.15, -0.1) is 11.3 Å². The van der Waals surface area contributed by atoms with E-state index in [0.29, 0.717) is 5.69 Å². The molecule has 0 fully saturated rings. The summed E-state index contributed by atoms with van der Waals surface area (Å²) in [4.78, 5) is 3.79. The molecule has 0 radical (unpaired) electrons. The van der Waals surface area contributed by atoms with Gasteiger partial charge in [0.1, 0.15) is 0 Å². The van der Waals surface area contributed by atoms with Crippen LogP contribution < -0.4 is 5.32 Å². The van der Waals surface area contributed by atoms with E-state index in [-0.39, 0.29) is 11.0 Å². The molecule has 1 aromatic rings. The number of nitrogens with one attached hydrogen (secondary N) is 1. The van der Waals surface area contributed by atoms with Crippen LogP contribution in [0.4, 0.5) is 8.78 Å². The minimum absolute atomic E-state index is 0.0359. The summed E-state index contributed by atoms with van der Waals surface area (Å²) in [6.07, 6.45) is -2.45. The summed E-state index contributed by atoms with van der Waals surface area (Å²) in [5, 5.41) is 4.48. The molecule has 5 heteroatoms. The fourth-order valence-electron chi connectivity index (χ4n) is 0.748. The van der Waals surface area contributed by atoms with E-state index in [9.17, 15) is 8.78 Å². The average molecular weight is 192 g/mol. The molecule has 12 heavy (non-hydrogen) atoms. The van der Waals surface area contributed by atoms with E-state index in [1.165, 1.54) is 0 Å². The Bertz CT molecular complexity index is 249. The molecule has 1 atom stereocenters. The summed E-state index contributed by atoms with van der Waals surface area (Å²) in [6, 6.07) is 0.0359. The van der Waals surface area contributed by atoms with Crippen molar-refractivity contribution < 1.29 is 8.78 Å². The third kappa shape index (κ3) is 1.98. The Labute approximate surface area is 73.6 Å². The first-order chi connectivity index (χ1) is 5.65. The first-order valence-corrected chi connectivity index (χ1v) is 4.44. The molecule has 1 heterocycles. The van der Waals surface area contributed by atoms with E-state index < -0.39 is 6.43 Å².